The van der Waals surface area contributed by atoms with E-state index in [0.717, 1.165) is 11.3 Å². The number of amides is 1. The maximum absolute atomic E-state index is 12.6. The van der Waals surface area contributed by atoms with Crippen molar-refractivity contribution in [3.8, 4) is 11.5 Å². The van der Waals surface area contributed by atoms with Crippen LogP contribution in [0.3, 0.4) is 0 Å². The first-order valence-electron chi connectivity index (χ1n) is 10.3. The van der Waals surface area contributed by atoms with E-state index in [9.17, 15) is 4.79 Å². The van der Waals surface area contributed by atoms with Gasteiger partial charge in [0.25, 0.3) is 5.91 Å². The van der Waals surface area contributed by atoms with Crippen LogP contribution < -0.4 is 16.8 Å². The van der Waals surface area contributed by atoms with Gasteiger partial charge in [0.2, 0.25) is 5.95 Å². The second kappa shape index (κ2) is 8.12. The van der Waals surface area contributed by atoms with E-state index in [1.165, 1.54) is 0 Å². The molecule has 5 N–H and O–H groups in total. The highest BCUT2D eigenvalue weighted by molar-refractivity contribution is 6.05. The minimum Gasteiger partial charge on any atom is -0.460 e. The highest BCUT2D eigenvalue weighted by Crippen LogP contribution is 2.27. The summed E-state index contributed by atoms with van der Waals surface area (Å²) in [6.07, 6.45) is 1.69. The Hall–Kier alpha value is -4.66. The predicted molar refractivity (Wildman–Crippen MR) is 127 cm³/mol. The fourth-order valence-corrected chi connectivity index (χ4v) is 3.57. The van der Waals surface area contributed by atoms with Gasteiger partial charge in [-0.15, -0.1) is 0 Å². The van der Waals surface area contributed by atoms with Crippen molar-refractivity contribution in [1.29, 1.82) is 0 Å². The van der Waals surface area contributed by atoms with Crippen molar-refractivity contribution in [2.75, 3.05) is 16.8 Å². The second-order valence-electron chi connectivity index (χ2n) is 7.62. The van der Waals surface area contributed by atoms with E-state index >= 15 is 0 Å². The smallest absolute Gasteiger partial charge is 0.255 e. The first-order valence-corrected chi connectivity index (χ1v) is 10.3. The first kappa shape index (κ1) is 20.3. The summed E-state index contributed by atoms with van der Waals surface area (Å²) < 4.78 is 7.59. The highest BCUT2D eigenvalue weighted by atomic mass is 16.3. The van der Waals surface area contributed by atoms with Crippen LogP contribution >= 0.6 is 0 Å². The lowest BCUT2D eigenvalue weighted by molar-refractivity contribution is 0.102. The zero-order valence-electron chi connectivity index (χ0n) is 17.8. The Bertz CT molecular complexity index is 1470. The van der Waals surface area contributed by atoms with Gasteiger partial charge in [0.05, 0.1) is 24.2 Å². The monoisotopic (exact) mass is 439 g/mol. The molecular weight excluding hydrogens is 418 g/mol. The predicted octanol–water partition coefficient (Wildman–Crippen LogP) is 3.86. The van der Waals surface area contributed by atoms with Gasteiger partial charge >= 0.3 is 0 Å². The molecule has 3 aromatic heterocycles. The maximum Gasteiger partial charge on any atom is 0.255 e. The van der Waals surface area contributed by atoms with Crippen LogP contribution in [0.1, 0.15) is 21.7 Å². The molecule has 0 fully saturated rings. The summed E-state index contributed by atoms with van der Waals surface area (Å²) in [5.74, 6) is 1.27. The highest BCUT2D eigenvalue weighted by Gasteiger charge is 2.17. The molecule has 0 atom stereocenters. The summed E-state index contributed by atoms with van der Waals surface area (Å²) in [7, 11) is 0. The molecule has 5 aromatic rings. The molecule has 0 spiro atoms. The fourth-order valence-electron chi connectivity index (χ4n) is 3.57. The van der Waals surface area contributed by atoms with Gasteiger partial charge in [0.1, 0.15) is 17.0 Å². The topological polar surface area (TPSA) is 138 Å². The number of nitrogen functional groups attached to an aromatic ring is 2. The third-order valence-corrected chi connectivity index (χ3v) is 5.23. The largest absolute Gasteiger partial charge is 0.460 e. The Balaban J connectivity index is 1.38. The van der Waals surface area contributed by atoms with Crippen LogP contribution in [-0.4, -0.2) is 25.4 Å². The van der Waals surface area contributed by atoms with E-state index in [-0.39, 0.29) is 11.9 Å². The second-order valence-corrected chi connectivity index (χ2v) is 7.62. The van der Waals surface area contributed by atoms with Crippen molar-refractivity contribution in [3.05, 3.63) is 83.9 Å². The first-order chi connectivity index (χ1) is 16.0. The average Bonchev–Trinajstić information content (AvgIpc) is 3.41. The van der Waals surface area contributed by atoms with E-state index in [1.54, 1.807) is 30.6 Å². The number of carbonyl (C=O) groups excluding carboxylic acids is 1. The molecule has 9 heteroatoms. The van der Waals surface area contributed by atoms with Crippen LogP contribution in [0.4, 0.5) is 17.3 Å². The number of para-hydroxylation sites is 2. The summed E-state index contributed by atoms with van der Waals surface area (Å²) in [6.45, 7) is 2.36. The minimum atomic E-state index is -0.230. The standard InChI is InChI=1S/C24H21N7O2/c1-14-6-11-19(33-14)20-21-22(30-24(26)29-20)31(13-27-21)12-15-7-9-16(10-8-15)23(32)28-18-5-3-2-4-17(18)25/h2-11,13H,12,25H2,1H3,(H,28,32)(H2,26,29,30). The van der Waals surface area contributed by atoms with Crippen LogP contribution in [-0.2, 0) is 6.54 Å². The van der Waals surface area contributed by atoms with Gasteiger partial charge in [-0.1, -0.05) is 24.3 Å². The lowest BCUT2D eigenvalue weighted by Gasteiger charge is -2.09. The number of aryl methyl sites for hydroxylation is 1. The summed E-state index contributed by atoms with van der Waals surface area (Å²) >= 11 is 0. The van der Waals surface area contributed by atoms with Crippen LogP contribution in [0.5, 0.6) is 0 Å². The molecule has 0 radical (unpaired) electrons. The van der Waals surface area contributed by atoms with Crippen molar-refractivity contribution >= 4 is 34.4 Å². The Morgan fingerprint density at radius 2 is 1.82 bits per heavy atom. The molecule has 0 saturated carbocycles. The van der Waals surface area contributed by atoms with Crippen LogP contribution in [0, 0.1) is 6.92 Å². The van der Waals surface area contributed by atoms with E-state index < -0.39 is 0 Å². The van der Waals surface area contributed by atoms with Gasteiger partial charge in [-0.2, -0.15) is 4.98 Å². The number of rotatable bonds is 5. The molecule has 5 rings (SSSR count). The number of hydrogen-bond donors (Lipinski definition) is 3. The molecular formula is C24H21N7O2. The molecule has 0 aliphatic carbocycles. The van der Waals surface area contributed by atoms with Gasteiger partial charge < -0.3 is 25.8 Å². The van der Waals surface area contributed by atoms with E-state index in [4.69, 9.17) is 15.9 Å². The van der Waals surface area contributed by atoms with Crippen molar-refractivity contribution in [2.24, 2.45) is 0 Å². The lowest BCUT2D eigenvalue weighted by Crippen LogP contribution is -2.13. The molecule has 3 heterocycles. The fraction of sp³-hybridized carbons (Fsp3) is 0.0833. The molecule has 0 unspecified atom stereocenters. The van der Waals surface area contributed by atoms with Crippen molar-refractivity contribution < 1.29 is 9.21 Å². The summed E-state index contributed by atoms with van der Waals surface area (Å²) in [4.78, 5) is 25.7. The molecule has 0 aliphatic heterocycles. The third kappa shape index (κ3) is 3.99. The van der Waals surface area contributed by atoms with Gasteiger partial charge in [0, 0.05) is 5.56 Å². The lowest BCUT2D eigenvalue weighted by atomic mass is 10.1. The van der Waals surface area contributed by atoms with Crippen LogP contribution in [0.2, 0.25) is 0 Å². The number of imidazole rings is 1. The number of fused-ring (bicyclic) bond motifs is 1. The maximum atomic E-state index is 12.6. The molecule has 2 aromatic carbocycles. The quantitative estimate of drug-likeness (QED) is 0.354. The van der Waals surface area contributed by atoms with Crippen molar-refractivity contribution in [3.63, 3.8) is 0 Å². The van der Waals surface area contributed by atoms with E-state index in [1.807, 2.05) is 47.9 Å². The average molecular weight is 439 g/mol. The van der Waals surface area contributed by atoms with Gasteiger partial charge in [0.15, 0.2) is 11.4 Å². The van der Waals surface area contributed by atoms with Gasteiger partial charge in [-0.25, -0.2) is 9.97 Å². The van der Waals surface area contributed by atoms with Crippen molar-refractivity contribution in [1.82, 2.24) is 19.5 Å². The molecule has 9 nitrogen and oxygen atoms in total. The number of anilines is 3. The summed E-state index contributed by atoms with van der Waals surface area (Å²) in [6, 6.07) is 18.1. The number of nitrogens with two attached hydrogens (primary N) is 2. The number of aromatic nitrogens is 4. The van der Waals surface area contributed by atoms with E-state index in [2.05, 4.69) is 20.3 Å². The van der Waals surface area contributed by atoms with E-state index in [0.29, 0.717) is 46.1 Å². The SMILES string of the molecule is Cc1ccc(-c2nc(N)nc3c2ncn3Cc2ccc(C(=O)Nc3ccccc3N)cc2)o1. The Labute approximate surface area is 189 Å². The van der Waals surface area contributed by atoms with Crippen LogP contribution in [0.15, 0.2) is 71.4 Å². The van der Waals surface area contributed by atoms with Gasteiger partial charge in [-0.3, -0.25) is 4.79 Å². The Morgan fingerprint density at radius 3 is 2.55 bits per heavy atom. The summed E-state index contributed by atoms with van der Waals surface area (Å²) in [5.41, 5.74) is 16.2. The molecule has 0 saturated heterocycles. The minimum absolute atomic E-state index is 0.139. The zero-order valence-corrected chi connectivity index (χ0v) is 17.8. The number of benzene rings is 2. The van der Waals surface area contributed by atoms with Crippen LogP contribution in [0.25, 0.3) is 22.6 Å². The zero-order chi connectivity index (χ0) is 22.9. The molecule has 0 bridgehead atoms. The number of nitrogens with one attached hydrogen (secondary N) is 1. The number of carbonyl (C=O) groups is 1. The summed E-state index contributed by atoms with van der Waals surface area (Å²) in [5, 5.41) is 2.83. The Kier molecular flexibility index (Phi) is 4.98. The third-order valence-electron chi connectivity index (χ3n) is 5.23. The molecule has 0 aliphatic rings. The number of furan rings is 1. The Morgan fingerprint density at radius 1 is 1.03 bits per heavy atom. The van der Waals surface area contributed by atoms with Gasteiger partial charge in [-0.05, 0) is 48.9 Å². The molecule has 33 heavy (non-hydrogen) atoms. The van der Waals surface area contributed by atoms with Crippen molar-refractivity contribution in [2.45, 2.75) is 13.5 Å². The molecule has 164 valence electrons. The normalized spacial score (nSPS) is 11.1. The number of nitrogens with zero attached hydrogens (tertiary/aromatic N) is 4. The number of hydrogen-bond acceptors (Lipinski definition) is 7. The molecule has 1 amide bonds.